The maximum absolute atomic E-state index is 12.9. The molecule has 0 spiro atoms. The molecule has 7 nitrogen and oxygen atoms in total. The topological polar surface area (TPSA) is 80.2 Å². The van der Waals surface area contributed by atoms with Gasteiger partial charge in [0.2, 0.25) is 0 Å². The fourth-order valence-corrected chi connectivity index (χ4v) is 3.60. The summed E-state index contributed by atoms with van der Waals surface area (Å²) in [7, 11) is 1.68. The van der Waals surface area contributed by atoms with Crippen molar-refractivity contribution in [1.82, 2.24) is 19.4 Å². The molecule has 0 aliphatic carbocycles. The third-order valence-corrected chi connectivity index (χ3v) is 5.14. The molecule has 27 heavy (non-hydrogen) atoms. The Labute approximate surface area is 159 Å². The highest BCUT2D eigenvalue weighted by molar-refractivity contribution is 5.94. The van der Waals surface area contributed by atoms with Gasteiger partial charge in [0, 0.05) is 50.7 Å². The zero-order valence-electron chi connectivity index (χ0n) is 16.3. The van der Waals surface area contributed by atoms with E-state index < -0.39 is 0 Å². The lowest BCUT2D eigenvalue weighted by atomic mass is 9.96. The fraction of sp³-hybridized carbons (Fsp3) is 0.550. The monoisotopic (exact) mass is 372 g/mol. The number of nitrogens with one attached hydrogen (secondary N) is 1. The van der Waals surface area contributed by atoms with Crippen LogP contribution in [-0.4, -0.2) is 52.1 Å². The van der Waals surface area contributed by atoms with Crippen molar-refractivity contribution < 1.29 is 9.53 Å². The first-order valence-electron chi connectivity index (χ1n) is 9.53. The molecule has 1 aliphatic heterocycles. The molecule has 0 aromatic carbocycles. The molecular weight excluding hydrogens is 344 g/mol. The number of carbonyl (C=O) groups excluding carboxylic acids is 1. The van der Waals surface area contributed by atoms with E-state index in [-0.39, 0.29) is 28.9 Å². The van der Waals surface area contributed by atoms with E-state index >= 15 is 0 Å². The van der Waals surface area contributed by atoms with Crippen LogP contribution in [0.2, 0.25) is 0 Å². The number of methoxy groups -OCH3 is 1. The van der Waals surface area contributed by atoms with Crippen molar-refractivity contribution in [1.29, 1.82) is 0 Å². The molecule has 2 aromatic rings. The molecular formula is C20H28N4O3. The first-order chi connectivity index (χ1) is 13.0. The van der Waals surface area contributed by atoms with Gasteiger partial charge >= 0.3 is 0 Å². The number of carbonyl (C=O) groups is 1. The molecule has 7 heteroatoms. The van der Waals surface area contributed by atoms with Gasteiger partial charge in [-0.3, -0.25) is 9.59 Å². The van der Waals surface area contributed by atoms with Crippen LogP contribution in [0.15, 0.2) is 29.3 Å². The van der Waals surface area contributed by atoms with Crippen molar-refractivity contribution in [2.75, 3.05) is 26.8 Å². The number of nitrogens with zero attached hydrogens (tertiary/aromatic N) is 3. The summed E-state index contributed by atoms with van der Waals surface area (Å²) in [4.78, 5) is 34.4. The predicted molar refractivity (Wildman–Crippen MR) is 103 cm³/mol. The van der Waals surface area contributed by atoms with Crippen LogP contribution in [0.3, 0.4) is 0 Å². The molecule has 1 amide bonds. The van der Waals surface area contributed by atoms with E-state index in [4.69, 9.17) is 4.74 Å². The Balaban J connectivity index is 1.76. The number of likely N-dealkylation sites (tertiary alicyclic amines) is 1. The van der Waals surface area contributed by atoms with E-state index in [0.717, 1.165) is 30.9 Å². The molecule has 1 atom stereocenters. The third kappa shape index (κ3) is 4.30. The van der Waals surface area contributed by atoms with Crippen molar-refractivity contribution in [3.8, 4) is 0 Å². The molecule has 1 saturated heterocycles. The molecule has 146 valence electrons. The summed E-state index contributed by atoms with van der Waals surface area (Å²) >= 11 is 0. The Bertz CT molecular complexity index is 840. The van der Waals surface area contributed by atoms with E-state index in [9.17, 15) is 9.59 Å². The van der Waals surface area contributed by atoms with Gasteiger partial charge in [0.15, 0.2) is 0 Å². The SMILES string of the molecule is COCCn1ccnc1[C@H]1CCCN(C(=O)c2ccc(C(C)C)[nH]c2=O)C1. The quantitative estimate of drug-likeness (QED) is 0.844. The molecule has 0 unspecified atom stereocenters. The van der Waals surface area contributed by atoms with Gasteiger partial charge in [-0.2, -0.15) is 0 Å². The summed E-state index contributed by atoms with van der Waals surface area (Å²) in [6.07, 6.45) is 5.62. The Morgan fingerprint density at radius 2 is 2.22 bits per heavy atom. The largest absolute Gasteiger partial charge is 0.383 e. The Morgan fingerprint density at radius 3 is 2.93 bits per heavy atom. The molecule has 1 fully saturated rings. The highest BCUT2D eigenvalue weighted by atomic mass is 16.5. The van der Waals surface area contributed by atoms with E-state index in [0.29, 0.717) is 19.7 Å². The van der Waals surface area contributed by atoms with E-state index in [1.54, 1.807) is 24.3 Å². The minimum Gasteiger partial charge on any atom is -0.383 e. The van der Waals surface area contributed by atoms with E-state index in [1.165, 1.54) is 0 Å². The Kier molecular flexibility index (Phi) is 6.11. The first kappa shape index (κ1) is 19.4. The van der Waals surface area contributed by atoms with Gasteiger partial charge in [-0.1, -0.05) is 13.8 Å². The second kappa shape index (κ2) is 8.52. The van der Waals surface area contributed by atoms with Crippen LogP contribution in [0, 0.1) is 0 Å². The maximum Gasteiger partial charge on any atom is 0.261 e. The number of rotatable bonds is 6. The number of H-pyrrole nitrogens is 1. The minimum atomic E-state index is -0.310. The van der Waals surface area contributed by atoms with Crippen molar-refractivity contribution in [3.63, 3.8) is 0 Å². The third-order valence-electron chi connectivity index (χ3n) is 5.14. The summed E-state index contributed by atoms with van der Waals surface area (Å²) in [5.74, 6) is 1.16. The van der Waals surface area contributed by atoms with Gasteiger partial charge in [0.05, 0.1) is 6.61 Å². The standard InChI is InChI=1S/C20H28N4O3/c1-14(2)17-7-6-16(19(25)22-17)20(26)24-9-4-5-15(13-24)18-21-8-10-23(18)11-12-27-3/h6-8,10,14-15H,4-5,9,11-13H2,1-3H3,(H,22,25)/t15-/m0/s1. The number of hydrogen-bond donors (Lipinski definition) is 1. The summed E-state index contributed by atoms with van der Waals surface area (Å²) < 4.78 is 7.25. The number of pyridine rings is 1. The van der Waals surface area contributed by atoms with Crippen LogP contribution in [0.25, 0.3) is 0 Å². The average molecular weight is 372 g/mol. The molecule has 2 aromatic heterocycles. The van der Waals surface area contributed by atoms with Crippen molar-refractivity contribution in [2.24, 2.45) is 0 Å². The highest BCUT2D eigenvalue weighted by Gasteiger charge is 2.29. The molecule has 0 radical (unpaired) electrons. The van der Waals surface area contributed by atoms with Gasteiger partial charge in [0.25, 0.3) is 11.5 Å². The molecule has 1 aliphatic rings. The lowest BCUT2D eigenvalue weighted by Gasteiger charge is -2.32. The van der Waals surface area contributed by atoms with Gasteiger partial charge in [0.1, 0.15) is 11.4 Å². The van der Waals surface area contributed by atoms with Gasteiger partial charge in [-0.15, -0.1) is 0 Å². The summed E-state index contributed by atoms with van der Waals surface area (Å²) in [6, 6.07) is 3.48. The summed E-state index contributed by atoms with van der Waals surface area (Å²) in [6.45, 7) is 6.62. The maximum atomic E-state index is 12.9. The lowest BCUT2D eigenvalue weighted by molar-refractivity contribution is 0.0700. The van der Waals surface area contributed by atoms with E-state index in [2.05, 4.69) is 14.5 Å². The molecule has 1 N–H and O–H groups in total. The predicted octanol–water partition coefficient (Wildman–Crippen LogP) is 2.36. The zero-order valence-corrected chi connectivity index (χ0v) is 16.3. The van der Waals surface area contributed by atoms with Crippen molar-refractivity contribution in [2.45, 2.75) is 45.1 Å². The van der Waals surface area contributed by atoms with Gasteiger partial charge in [-0.25, -0.2) is 4.98 Å². The minimum absolute atomic E-state index is 0.170. The van der Waals surface area contributed by atoms with Crippen LogP contribution in [-0.2, 0) is 11.3 Å². The molecule has 3 heterocycles. The number of piperidine rings is 1. The number of hydrogen-bond acceptors (Lipinski definition) is 4. The van der Waals surface area contributed by atoms with Crippen molar-refractivity contribution >= 4 is 5.91 Å². The van der Waals surface area contributed by atoms with Crippen LogP contribution in [0.5, 0.6) is 0 Å². The molecule has 0 bridgehead atoms. The highest BCUT2D eigenvalue weighted by Crippen LogP contribution is 2.26. The Morgan fingerprint density at radius 1 is 1.41 bits per heavy atom. The molecule has 3 rings (SSSR count). The summed E-state index contributed by atoms with van der Waals surface area (Å²) in [5, 5.41) is 0. The number of aromatic amines is 1. The van der Waals surface area contributed by atoms with E-state index in [1.807, 2.05) is 26.1 Å². The Hall–Kier alpha value is -2.41. The first-order valence-corrected chi connectivity index (χ1v) is 9.53. The van der Waals surface area contributed by atoms with Crippen LogP contribution < -0.4 is 5.56 Å². The second-order valence-electron chi connectivity index (χ2n) is 7.37. The average Bonchev–Trinajstić information content (AvgIpc) is 3.14. The number of imidazole rings is 1. The van der Waals surface area contributed by atoms with Crippen molar-refractivity contribution in [3.05, 3.63) is 52.0 Å². The fourth-order valence-electron chi connectivity index (χ4n) is 3.60. The normalized spacial score (nSPS) is 17.5. The number of amides is 1. The number of aromatic nitrogens is 3. The lowest BCUT2D eigenvalue weighted by Crippen LogP contribution is -2.41. The van der Waals surface area contributed by atoms with Crippen LogP contribution in [0.4, 0.5) is 0 Å². The smallest absolute Gasteiger partial charge is 0.261 e. The van der Waals surface area contributed by atoms with Gasteiger partial charge in [-0.05, 0) is 30.9 Å². The van der Waals surface area contributed by atoms with Crippen LogP contribution >= 0.6 is 0 Å². The van der Waals surface area contributed by atoms with Gasteiger partial charge < -0.3 is 19.2 Å². The molecule has 0 saturated carbocycles. The number of ether oxygens (including phenoxy) is 1. The second-order valence-corrected chi connectivity index (χ2v) is 7.37. The van der Waals surface area contributed by atoms with Crippen LogP contribution in [0.1, 0.15) is 60.4 Å². The zero-order chi connectivity index (χ0) is 19.4. The summed E-state index contributed by atoms with van der Waals surface area (Å²) in [5.41, 5.74) is 0.742.